The Morgan fingerprint density at radius 3 is 2.72 bits per heavy atom. The van der Waals surface area contributed by atoms with Crippen molar-refractivity contribution in [1.82, 2.24) is 10.2 Å². The number of amides is 2. The first-order chi connectivity index (χ1) is 11.9. The highest BCUT2D eigenvalue weighted by Gasteiger charge is 2.56. The summed E-state index contributed by atoms with van der Waals surface area (Å²) in [5.41, 5.74) is 2.00. The number of nitrogens with one attached hydrogen (secondary N) is 1. The van der Waals surface area contributed by atoms with Crippen LogP contribution < -0.4 is 5.32 Å². The van der Waals surface area contributed by atoms with E-state index in [2.05, 4.69) is 5.32 Å². The van der Waals surface area contributed by atoms with Crippen LogP contribution in [0.15, 0.2) is 30.0 Å². The molecule has 1 aromatic carbocycles. The van der Waals surface area contributed by atoms with E-state index in [0.29, 0.717) is 23.1 Å². The van der Waals surface area contributed by atoms with Crippen molar-refractivity contribution in [2.75, 3.05) is 14.2 Å². The van der Waals surface area contributed by atoms with E-state index in [1.807, 2.05) is 0 Å². The zero-order chi connectivity index (χ0) is 18.3. The summed E-state index contributed by atoms with van der Waals surface area (Å²) >= 11 is 0. The number of benzene rings is 1. The van der Waals surface area contributed by atoms with Crippen LogP contribution in [0.3, 0.4) is 0 Å². The van der Waals surface area contributed by atoms with Gasteiger partial charge in [-0.25, -0.2) is 4.79 Å². The van der Waals surface area contributed by atoms with Gasteiger partial charge in [-0.15, -0.1) is 0 Å². The SMILES string of the molecule is CNC(=O)c1cccc(C2=C(C(=O)OC)N3C(=O)[C@H]([C@@H](C)O)[C@H]3C2)c1. The summed E-state index contributed by atoms with van der Waals surface area (Å²) in [4.78, 5) is 37.9. The van der Waals surface area contributed by atoms with Gasteiger partial charge >= 0.3 is 5.97 Å². The van der Waals surface area contributed by atoms with Crippen LogP contribution in [0.2, 0.25) is 0 Å². The summed E-state index contributed by atoms with van der Waals surface area (Å²) in [6, 6.07) is 6.61. The topological polar surface area (TPSA) is 95.9 Å². The number of ether oxygens (including phenoxy) is 1. The molecule has 0 bridgehead atoms. The van der Waals surface area contributed by atoms with Gasteiger partial charge in [0.1, 0.15) is 5.70 Å². The number of rotatable bonds is 4. The largest absolute Gasteiger partial charge is 0.464 e. The maximum absolute atomic E-state index is 12.4. The Labute approximate surface area is 145 Å². The highest BCUT2D eigenvalue weighted by molar-refractivity contribution is 6.07. The van der Waals surface area contributed by atoms with Gasteiger partial charge in [0.2, 0.25) is 5.91 Å². The third kappa shape index (κ3) is 2.60. The van der Waals surface area contributed by atoms with E-state index in [1.165, 1.54) is 12.0 Å². The molecule has 1 saturated heterocycles. The summed E-state index contributed by atoms with van der Waals surface area (Å²) in [7, 11) is 2.80. The molecule has 0 aliphatic carbocycles. The van der Waals surface area contributed by atoms with Gasteiger partial charge in [0.25, 0.3) is 5.91 Å². The fourth-order valence-corrected chi connectivity index (χ4v) is 3.61. The van der Waals surface area contributed by atoms with Gasteiger partial charge in [-0.2, -0.15) is 0 Å². The molecule has 2 heterocycles. The van der Waals surface area contributed by atoms with E-state index < -0.39 is 18.0 Å². The van der Waals surface area contributed by atoms with Gasteiger partial charge in [0.15, 0.2) is 0 Å². The maximum atomic E-state index is 12.4. The van der Waals surface area contributed by atoms with Crippen LogP contribution >= 0.6 is 0 Å². The molecular formula is C18H20N2O5. The Kier molecular flexibility index (Phi) is 4.34. The molecule has 1 aromatic rings. The monoisotopic (exact) mass is 344 g/mol. The number of hydrogen-bond acceptors (Lipinski definition) is 5. The average molecular weight is 344 g/mol. The van der Waals surface area contributed by atoms with Crippen LogP contribution in [0.1, 0.15) is 29.3 Å². The molecule has 0 aromatic heterocycles. The number of nitrogens with zero attached hydrogens (tertiary/aromatic N) is 1. The van der Waals surface area contributed by atoms with Gasteiger partial charge in [0, 0.05) is 12.6 Å². The molecule has 25 heavy (non-hydrogen) atoms. The number of esters is 1. The zero-order valence-corrected chi connectivity index (χ0v) is 14.3. The van der Waals surface area contributed by atoms with Crippen molar-refractivity contribution in [2.45, 2.75) is 25.5 Å². The normalized spacial score (nSPS) is 23.0. The number of hydrogen-bond donors (Lipinski definition) is 2. The lowest BCUT2D eigenvalue weighted by Gasteiger charge is -2.44. The quantitative estimate of drug-likeness (QED) is 0.614. The zero-order valence-electron chi connectivity index (χ0n) is 14.3. The first-order valence-electron chi connectivity index (χ1n) is 8.05. The van der Waals surface area contributed by atoms with Crippen LogP contribution in [0.5, 0.6) is 0 Å². The van der Waals surface area contributed by atoms with Gasteiger partial charge in [-0.05, 0) is 36.6 Å². The molecule has 0 saturated carbocycles. The van der Waals surface area contributed by atoms with Crippen LogP contribution in [-0.4, -0.2) is 54.1 Å². The summed E-state index contributed by atoms with van der Waals surface area (Å²) < 4.78 is 4.85. The van der Waals surface area contributed by atoms with Crippen LogP contribution in [-0.2, 0) is 14.3 Å². The van der Waals surface area contributed by atoms with Crippen molar-refractivity contribution in [2.24, 2.45) is 5.92 Å². The summed E-state index contributed by atoms with van der Waals surface area (Å²) in [6.45, 7) is 1.57. The molecule has 2 aliphatic rings. The minimum atomic E-state index is -0.788. The van der Waals surface area contributed by atoms with E-state index in [0.717, 1.165) is 0 Å². The van der Waals surface area contributed by atoms with Gasteiger partial charge < -0.3 is 20.1 Å². The van der Waals surface area contributed by atoms with Crippen molar-refractivity contribution < 1.29 is 24.2 Å². The Morgan fingerprint density at radius 1 is 1.40 bits per heavy atom. The smallest absolute Gasteiger partial charge is 0.355 e. The minimum Gasteiger partial charge on any atom is -0.464 e. The lowest BCUT2D eigenvalue weighted by atomic mass is 9.82. The summed E-state index contributed by atoms with van der Waals surface area (Å²) in [6.07, 6.45) is -0.354. The molecule has 7 heteroatoms. The molecular weight excluding hydrogens is 324 g/mol. The Bertz CT molecular complexity index is 783. The van der Waals surface area contributed by atoms with Crippen LogP contribution in [0, 0.1) is 5.92 Å². The van der Waals surface area contributed by atoms with E-state index in [9.17, 15) is 19.5 Å². The lowest BCUT2D eigenvalue weighted by Crippen LogP contribution is -2.61. The number of methoxy groups -OCH3 is 1. The second-order valence-electron chi connectivity index (χ2n) is 6.22. The molecule has 1 fully saturated rings. The molecule has 3 atom stereocenters. The molecule has 0 radical (unpaired) electrons. The number of aliphatic hydroxyl groups excluding tert-OH is 1. The molecule has 7 nitrogen and oxygen atoms in total. The number of fused-ring (bicyclic) bond motifs is 1. The first kappa shape index (κ1) is 17.2. The summed E-state index contributed by atoms with van der Waals surface area (Å²) in [5.74, 6) is -1.64. The number of carbonyl (C=O) groups is 3. The Balaban J connectivity index is 2.05. The predicted molar refractivity (Wildman–Crippen MR) is 89.2 cm³/mol. The van der Waals surface area contributed by atoms with E-state index in [4.69, 9.17) is 4.74 Å². The van der Waals surface area contributed by atoms with Crippen molar-refractivity contribution in [3.8, 4) is 0 Å². The molecule has 132 valence electrons. The highest BCUT2D eigenvalue weighted by atomic mass is 16.5. The molecule has 3 rings (SSSR count). The fraction of sp³-hybridized carbons (Fsp3) is 0.389. The Hall–Kier alpha value is -2.67. The second-order valence-corrected chi connectivity index (χ2v) is 6.22. The number of β-lactam (4-membered cyclic amide) rings is 1. The van der Waals surface area contributed by atoms with E-state index in [-0.39, 0.29) is 23.6 Å². The third-order valence-electron chi connectivity index (χ3n) is 4.81. The van der Waals surface area contributed by atoms with Crippen LogP contribution in [0.25, 0.3) is 5.57 Å². The van der Waals surface area contributed by atoms with Crippen molar-refractivity contribution in [3.63, 3.8) is 0 Å². The molecule has 0 unspecified atom stereocenters. The van der Waals surface area contributed by atoms with Gasteiger partial charge in [0.05, 0.1) is 25.2 Å². The highest BCUT2D eigenvalue weighted by Crippen LogP contribution is 2.47. The fourth-order valence-electron chi connectivity index (χ4n) is 3.61. The predicted octanol–water partition coefficient (Wildman–Crippen LogP) is 0.542. The standard InChI is InChI=1S/C18H20N2O5/c1-9(21)14-13-8-12(15(18(24)25-3)20(13)17(14)23)10-5-4-6-11(7-10)16(22)19-2/h4-7,9,13-14,21H,8H2,1-3H3,(H,19,22)/t9-,13-,14-/m1/s1. The van der Waals surface area contributed by atoms with E-state index >= 15 is 0 Å². The van der Waals surface area contributed by atoms with Gasteiger partial charge in [-0.3, -0.25) is 9.59 Å². The number of carbonyl (C=O) groups excluding carboxylic acids is 3. The molecule has 0 spiro atoms. The number of aliphatic hydroxyl groups is 1. The van der Waals surface area contributed by atoms with Crippen molar-refractivity contribution in [1.29, 1.82) is 0 Å². The second kappa shape index (κ2) is 6.33. The molecule has 2 aliphatic heterocycles. The maximum Gasteiger partial charge on any atom is 0.355 e. The third-order valence-corrected chi connectivity index (χ3v) is 4.81. The average Bonchev–Trinajstić information content (AvgIpc) is 2.95. The van der Waals surface area contributed by atoms with Crippen molar-refractivity contribution in [3.05, 3.63) is 41.1 Å². The minimum absolute atomic E-state index is 0.198. The van der Waals surface area contributed by atoms with Crippen molar-refractivity contribution >= 4 is 23.4 Å². The molecule has 2 N–H and O–H groups in total. The lowest BCUT2D eigenvalue weighted by molar-refractivity contribution is -0.161. The molecule has 2 amide bonds. The Morgan fingerprint density at radius 2 is 2.12 bits per heavy atom. The summed E-state index contributed by atoms with van der Waals surface area (Å²) in [5, 5.41) is 12.4. The van der Waals surface area contributed by atoms with Gasteiger partial charge in [-0.1, -0.05) is 12.1 Å². The first-order valence-corrected chi connectivity index (χ1v) is 8.05. The van der Waals surface area contributed by atoms with Crippen LogP contribution in [0.4, 0.5) is 0 Å². The van der Waals surface area contributed by atoms with E-state index in [1.54, 1.807) is 38.2 Å².